The molecule has 3 rings (SSSR count). The molecule has 0 atom stereocenters. The fourth-order valence-electron chi connectivity index (χ4n) is 1.96. The highest BCUT2D eigenvalue weighted by Crippen LogP contribution is 2.27. The van der Waals surface area contributed by atoms with Crippen LogP contribution >= 0.6 is 11.3 Å². The predicted molar refractivity (Wildman–Crippen MR) is 90.1 cm³/mol. The Morgan fingerprint density at radius 3 is 3.00 bits per heavy atom. The number of hydrogen-bond acceptors (Lipinski definition) is 6. The van der Waals surface area contributed by atoms with Gasteiger partial charge in [0.1, 0.15) is 0 Å². The first-order chi connectivity index (χ1) is 10.8. The minimum Gasteiger partial charge on any atom is -0.504 e. The molecule has 0 aliphatic rings. The average molecular weight is 313 g/mol. The van der Waals surface area contributed by atoms with E-state index in [9.17, 15) is 5.11 Å². The van der Waals surface area contributed by atoms with Gasteiger partial charge in [-0.1, -0.05) is 23.5 Å². The van der Waals surface area contributed by atoms with E-state index in [-0.39, 0.29) is 5.75 Å². The van der Waals surface area contributed by atoms with Crippen LogP contribution in [0.1, 0.15) is 12.5 Å². The molecule has 0 aliphatic heterocycles. The van der Waals surface area contributed by atoms with Gasteiger partial charge in [-0.25, -0.2) is 4.98 Å². The lowest BCUT2D eigenvalue weighted by molar-refractivity contribution is 0.318. The molecular weight excluding hydrogens is 298 g/mol. The molecule has 2 aromatic carbocycles. The Morgan fingerprint density at radius 1 is 1.32 bits per heavy atom. The highest BCUT2D eigenvalue weighted by Gasteiger charge is 2.03. The lowest BCUT2D eigenvalue weighted by atomic mass is 10.2. The summed E-state index contributed by atoms with van der Waals surface area (Å²) in [7, 11) is 0. The second-order valence-electron chi connectivity index (χ2n) is 4.52. The van der Waals surface area contributed by atoms with E-state index in [4.69, 9.17) is 4.74 Å². The van der Waals surface area contributed by atoms with Gasteiger partial charge in [-0.2, -0.15) is 5.10 Å². The summed E-state index contributed by atoms with van der Waals surface area (Å²) in [5.41, 5.74) is 4.70. The number of thiazole rings is 1. The normalized spacial score (nSPS) is 11.1. The van der Waals surface area contributed by atoms with Crippen LogP contribution < -0.4 is 10.2 Å². The van der Waals surface area contributed by atoms with Crippen LogP contribution in [0.2, 0.25) is 0 Å². The molecule has 0 saturated carbocycles. The van der Waals surface area contributed by atoms with Crippen molar-refractivity contribution in [1.29, 1.82) is 0 Å². The van der Waals surface area contributed by atoms with Crippen LogP contribution in [0.25, 0.3) is 10.2 Å². The second kappa shape index (κ2) is 6.44. The van der Waals surface area contributed by atoms with Crippen molar-refractivity contribution in [3.8, 4) is 11.5 Å². The van der Waals surface area contributed by atoms with Crippen LogP contribution in [0.3, 0.4) is 0 Å². The van der Waals surface area contributed by atoms with Crippen molar-refractivity contribution >= 4 is 32.9 Å². The number of benzene rings is 2. The Bertz CT molecular complexity index is 781. The van der Waals surface area contributed by atoms with E-state index in [1.807, 2.05) is 31.2 Å². The van der Waals surface area contributed by atoms with Gasteiger partial charge in [0.15, 0.2) is 11.5 Å². The topological polar surface area (TPSA) is 66.7 Å². The van der Waals surface area contributed by atoms with Crippen molar-refractivity contribution in [2.45, 2.75) is 6.92 Å². The molecule has 0 saturated heterocycles. The van der Waals surface area contributed by atoms with Gasteiger partial charge in [0, 0.05) is 0 Å². The summed E-state index contributed by atoms with van der Waals surface area (Å²) in [5.74, 6) is 0.574. The van der Waals surface area contributed by atoms with Crippen molar-refractivity contribution in [3.05, 3.63) is 48.0 Å². The lowest BCUT2D eigenvalue weighted by Gasteiger charge is -2.05. The summed E-state index contributed by atoms with van der Waals surface area (Å²) in [6, 6.07) is 13.0. The van der Waals surface area contributed by atoms with E-state index in [2.05, 4.69) is 15.5 Å². The monoisotopic (exact) mass is 313 g/mol. The third-order valence-electron chi connectivity index (χ3n) is 2.95. The summed E-state index contributed by atoms with van der Waals surface area (Å²) in [5, 5.41) is 14.6. The van der Waals surface area contributed by atoms with Crippen LogP contribution in [0.15, 0.2) is 47.6 Å². The van der Waals surface area contributed by atoms with Gasteiger partial charge in [-0.05, 0) is 42.8 Å². The van der Waals surface area contributed by atoms with Crippen molar-refractivity contribution in [3.63, 3.8) is 0 Å². The molecule has 112 valence electrons. The molecule has 22 heavy (non-hydrogen) atoms. The Labute approximate surface area is 131 Å². The van der Waals surface area contributed by atoms with E-state index in [0.29, 0.717) is 12.4 Å². The van der Waals surface area contributed by atoms with E-state index in [1.165, 1.54) is 0 Å². The number of hydrazone groups is 1. The average Bonchev–Trinajstić information content (AvgIpc) is 2.93. The van der Waals surface area contributed by atoms with E-state index >= 15 is 0 Å². The summed E-state index contributed by atoms with van der Waals surface area (Å²) in [6.07, 6.45) is 1.66. The van der Waals surface area contributed by atoms with Gasteiger partial charge in [0.2, 0.25) is 5.13 Å². The maximum absolute atomic E-state index is 9.66. The van der Waals surface area contributed by atoms with E-state index in [1.54, 1.807) is 35.8 Å². The second-order valence-corrected chi connectivity index (χ2v) is 5.55. The zero-order valence-corrected chi connectivity index (χ0v) is 12.8. The zero-order valence-electron chi connectivity index (χ0n) is 12.0. The van der Waals surface area contributed by atoms with Crippen molar-refractivity contribution in [2.24, 2.45) is 5.10 Å². The number of anilines is 1. The molecule has 0 amide bonds. The van der Waals surface area contributed by atoms with Gasteiger partial charge in [0.25, 0.3) is 0 Å². The van der Waals surface area contributed by atoms with Crippen molar-refractivity contribution < 1.29 is 9.84 Å². The number of fused-ring (bicyclic) bond motifs is 1. The number of hydrogen-bond donors (Lipinski definition) is 2. The number of nitrogens with zero attached hydrogens (tertiary/aromatic N) is 2. The molecule has 0 aliphatic carbocycles. The van der Waals surface area contributed by atoms with Crippen molar-refractivity contribution in [1.82, 2.24) is 4.98 Å². The summed E-state index contributed by atoms with van der Waals surface area (Å²) < 4.78 is 6.45. The van der Waals surface area contributed by atoms with Crippen LogP contribution in [-0.4, -0.2) is 22.9 Å². The Balaban J connectivity index is 1.72. The van der Waals surface area contributed by atoms with Crippen LogP contribution in [-0.2, 0) is 0 Å². The molecule has 5 nitrogen and oxygen atoms in total. The van der Waals surface area contributed by atoms with Gasteiger partial charge in [-0.15, -0.1) is 0 Å². The molecular formula is C16H15N3O2S. The number of para-hydroxylation sites is 1. The van der Waals surface area contributed by atoms with Gasteiger partial charge in [-0.3, -0.25) is 5.43 Å². The first-order valence-electron chi connectivity index (χ1n) is 6.86. The molecule has 3 aromatic rings. The molecule has 6 heteroatoms. The lowest BCUT2D eigenvalue weighted by Crippen LogP contribution is -1.94. The number of aromatic nitrogens is 1. The van der Waals surface area contributed by atoms with E-state index in [0.717, 1.165) is 20.9 Å². The number of phenols is 1. The maximum Gasteiger partial charge on any atom is 0.204 e. The molecule has 0 radical (unpaired) electrons. The number of aromatic hydroxyl groups is 1. The Morgan fingerprint density at radius 2 is 2.18 bits per heavy atom. The Hall–Kier alpha value is -2.60. The largest absolute Gasteiger partial charge is 0.504 e. The van der Waals surface area contributed by atoms with Gasteiger partial charge >= 0.3 is 0 Å². The predicted octanol–water partition coefficient (Wildman–Crippen LogP) is 3.85. The summed E-state index contributed by atoms with van der Waals surface area (Å²) >= 11 is 1.55. The summed E-state index contributed by atoms with van der Waals surface area (Å²) in [6.45, 7) is 2.37. The molecule has 2 N–H and O–H groups in total. The first kappa shape index (κ1) is 14.3. The fraction of sp³-hybridized carbons (Fsp3) is 0.125. The third-order valence-corrected chi connectivity index (χ3v) is 3.89. The smallest absolute Gasteiger partial charge is 0.204 e. The first-order valence-corrected chi connectivity index (χ1v) is 7.68. The van der Waals surface area contributed by atoms with Gasteiger partial charge in [0.05, 0.1) is 23.0 Å². The number of nitrogens with one attached hydrogen (secondary N) is 1. The van der Waals surface area contributed by atoms with Crippen molar-refractivity contribution in [2.75, 3.05) is 12.0 Å². The molecule has 1 heterocycles. The van der Waals surface area contributed by atoms with Crippen LogP contribution in [0.4, 0.5) is 5.13 Å². The van der Waals surface area contributed by atoms with E-state index < -0.39 is 0 Å². The SMILES string of the molecule is CCOc1cc(C=NNc2nc3ccccc3s2)ccc1O. The Kier molecular flexibility index (Phi) is 4.20. The summed E-state index contributed by atoms with van der Waals surface area (Å²) in [4.78, 5) is 4.43. The molecule has 0 bridgehead atoms. The fourth-order valence-corrected chi connectivity index (χ4v) is 2.78. The maximum atomic E-state index is 9.66. The molecule has 0 spiro atoms. The quantitative estimate of drug-likeness (QED) is 0.554. The minimum atomic E-state index is 0.123. The number of phenolic OH excluding ortho intramolecular Hbond substituents is 1. The number of rotatable bonds is 5. The molecule has 1 aromatic heterocycles. The van der Waals surface area contributed by atoms with Gasteiger partial charge < -0.3 is 9.84 Å². The standard InChI is InChI=1S/C16H15N3O2S/c1-2-21-14-9-11(7-8-13(14)20)10-17-19-16-18-12-5-3-4-6-15(12)22-16/h3-10,20H,2H2,1H3,(H,18,19). The molecule has 0 unspecified atom stereocenters. The highest BCUT2D eigenvalue weighted by molar-refractivity contribution is 7.22. The van der Waals surface area contributed by atoms with Crippen LogP contribution in [0, 0.1) is 0 Å². The number of ether oxygens (including phenoxy) is 1. The highest BCUT2D eigenvalue weighted by atomic mass is 32.1. The minimum absolute atomic E-state index is 0.123. The van der Waals surface area contributed by atoms with Crippen LogP contribution in [0.5, 0.6) is 11.5 Å². The molecule has 0 fully saturated rings. The zero-order chi connectivity index (χ0) is 15.4. The third kappa shape index (κ3) is 3.17.